The van der Waals surface area contributed by atoms with Gasteiger partial charge in [-0.25, -0.2) is 4.98 Å². The van der Waals surface area contributed by atoms with Crippen LogP contribution in [0, 0.1) is 0 Å². The molecule has 16 heavy (non-hydrogen) atoms. The first kappa shape index (κ1) is 10.9. The van der Waals surface area contributed by atoms with E-state index in [0.717, 1.165) is 12.8 Å². The van der Waals surface area contributed by atoms with Gasteiger partial charge in [0.05, 0.1) is 0 Å². The summed E-state index contributed by atoms with van der Waals surface area (Å²) in [7, 11) is 0. The van der Waals surface area contributed by atoms with Gasteiger partial charge in [0.25, 0.3) is 5.91 Å². The Morgan fingerprint density at radius 2 is 2.12 bits per heavy atom. The van der Waals surface area contributed by atoms with Crippen molar-refractivity contribution in [2.45, 2.75) is 31.3 Å². The summed E-state index contributed by atoms with van der Waals surface area (Å²) < 4.78 is 0. The Morgan fingerprint density at radius 1 is 1.38 bits per heavy atom. The van der Waals surface area contributed by atoms with Crippen molar-refractivity contribution in [3.8, 4) is 0 Å². The van der Waals surface area contributed by atoms with E-state index < -0.39 is 5.60 Å². The van der Waals surface area contributed by atoms with Gasteiger partial charge in [-0.1, -0.05) is 6.07 Å². The average Bonchev–Trinajstić information content (AvgIpc) is 2.76. The highest BCUT2D eigenvalue weighted by Gasteiger charge is 2.38. The topological polar surface area (TPSA) is 74.2 Å². The zero-order chi connectivity index (χ0) is 11.4. The third-order valence-electron chi connectivity index (χ3n) is 2.82. The van der Waals surface area contributed by atoms with Crippen molar-refractivity contribution < 1.29 is 9.90 Å². The molecule has 5 heteroatoms. The maximum Gasteiger partial charge on any atom is 0.270 e. The molecule has 1 aromatic rings. The molecule has 1 aliphatic carbocycles. The van der Waals surface area contributed by atoms with Gasteiger partial charge in [0, 0.05) is 6.20 Å². The molecule has 86 valence electrons. The zero-order valence-corrected chi connectivity index (χ0v) is 8.94. The predicted octanol–water partition coefficient (Wildman–Crippen LogP) is 0.830. The van der Waals surface area contributed by atoms with E-state index in [0.29, 0.717) is 18.7 Å². The van der Waals surface area contributed by atoms with Crippen molar-refractivity contribution in [1.82, 2.24) is 10.4 Å². The summed E-state index contributed by atoms with van der Waals surface area (Å²) in [6.07, 6.45) is 4.48. The van der Waals surface area contributed by atoms with E-state index in [2.05, 4.69) is 15.8 Å². The van der Waals surface area contributed by atoms with E-state index in [1.54, 1.807) is 18.3 Å². The largest absolute Gasteiger partial charge is 0.380 e. The molecule has 0 spiro atoms. The van der Waals surface area contributed by atoms with Crippen LogP contribution in [0.15, 0.2) is 24.4 Å². The first-order valence-corrected chi connectivity index (χ1v) is 5.41. The van der Waals surface area contributed by atoms with E-state index in [9.17, 15) is 9.90 Å². The van der Waals surface area contributed by atoms with Gasteiger partial charge in [0.1, 0.15) is 11.4 Å². The van der Waals surface area contributed by atoms with Gasteiger partial charge in [0.2, 0.25) is 0 Å². The summed E-state index contributed by atoms with van der Waals surface area (Å²) in [5, 5.41) is 9.97. The summed E-state index contributed by atoms with van der Waals surface area (Å²) in [5.41, 5.74) is 3.95. The molecule has 0 atom stereocenters. The van der Waals surface area contributed by atoms with E-state index >= 15 is 0 Å². The second-order valence-corrected chi connectivity index (χ2v) is 4.03. The molecular weight excluding hydrogens is 206 g/mol. The highest BCUT2D eigenvalue weighted by atomic mass is 16.3. The van der Waals surface area contributed by atoms with Crippen LogP contribution in [-0.4, -0.2) is 21.6 Å². The molecule has 0 saturated heterocycles. The minimum Gasteiger partial charge on any atom is -0.380 e. The number of carbonyl (C=O) groups is 1. The van der Waals surface area contributed by atoms with Crippen molar-refractivity contribution in [3.63, 3.8) is 0 Å². The Bertz CT molecular complexity index is 361. The number of nitrogens with one attached hydrogen (secondary N) is 2. The zero-order valence-electron chi connectivity index (χ0n) is 8.94. The van der Waals surface area contributed by atoms with Gasteiger partial charge in [-0.2, -0.15) is 0 Å². The molecule has 0 radical (unpaired) electrons. The lowest BCUT2D eigenvalue weighted by atomic mass is 10.0. The Hall–Kier alpha value is -1.62. The molecule has 1 saturated carbocycles. The monoisotopic (exact) mass is 221 g/mol. The van der Waals surface area contributed by atoms with Crippen molar-refractivity contribution in [2.75, 3.05) is 5.43 Å². The lowest BCUT2D eigenvalue weighted by Crippen LogP contribution is -2.47. The molecule has 3 N–H and O–H groups in total. The first-order chi connectivity index (χ1) is 7.71. The normalized spacial score (nSPS) is 18.1. The number of hydrogen-bond acceptors (Lipinski definition) is 4. The van der Waals surface area contributed by atoms with Gasteiger partial charge >= 0.3 is 0 Å². The molecular formula is C11H15N3O2. The number of aliphatic hydroxyl groups is 1. The lowest BCUT2D eigenvalue weighted by Gasteiger charge is -2.21. The van der Waals surface area contributed by atoms with Crippen LogP contribution in [-0.2, 0) is 4.79 Å². The van der Waals surface area contributed by atoms with Gasteiger partial charge in [-0.15, -0.1) is 0 Å². The summed E-state index contributed by atoms with van der Waals surface area (Å²) >= 11 is 0. The van der Waals surface area contributed by atoms with E-state index in [1.165, 1.54) is 0 Å². The van der Waals surface area contributed by atoms with Crippen LogP contribution < -0.4 is 10.9 Å². The maximum absolute atomic E-state index is 11.7. The minimum absolute atomic E-state index is 0.379. The van der Waals surface area contributed by atoms with Crippen molar-refractivity contribution in [3.05, 3.63) is 24.4 Å². The Balaban J connectivity index is 1.89. The second-order valence-electron chi connectivity index (χ2n) is 4.03. The standard InChI is InChI=1S/C11H15N3O2/c15-10(11(16)6-2-3-7-11)14-13-9-5-1-4-8-12-9/h1,4-5,8,16H,2-3,6-7H2,(H,12,13)(H,14,15). The van der Waals surface area contributed by atoms with Crippen molar-refractivity contribution in [1.29, 1.82) is 0 Å². The van der Waals surface area contributed by atoms with Crippen LogP contribution in [0.4, 0.5) is 5.82 Å². The van der Waals surface area contributed by atoms with Crippen LogP contribution in [0.3, 0.4) is 0 Å². The van der Waals surface area contributed by atoms with Gasteiger partial charge in [-0.05, 0) is 37.8 Å². The molecule has 1 aliphatic rings. The third-order valence-corrected chi connectivity index (χ3v) is 2.82. The number of carbonyl (C=O) groups excluding carboxylic acids is 1. The third kappa shape index (κ3) is 2.30. The van der Waals surface area contributed by atoms with Crippen LogP contribution in [0.2, 0.25) is 0 Å². The number of anilines is 1. The quantitative estimate of drug-likeness (QED) is 0.661. The summed E-state index contributed by atoms with van der Waals surface area (Å²) in [5.74, 6) is 0.174. The Morgan fingerprint density at radius 3 is 2.75 bits per heavy atom. The smallest absolute Gasteiger partial charge is 0.270 e. The number of aromatic nitrogens is 1. The first-order valence-electron chi connectivity index (χ1n) is 5.41. The molecule has 1 aromatic heterocycles. The van der Waals surface area contributed by atoms with Crippen LogP contribution in [0.1, 0.15) is 25.7 Å². The average molecular weight is 221 g/mol. The molecule has 0 unspecified atom stereocenters. The fourth-order valence-corrected chi connectivity index (χ4v) is 1.86. The molecule has 1 fully saturated rings. The van der Waals surface area contributed by atoms with Gasteiger partial charge in [0.15, 0.2) is 0 Å². The number of rotatable bonds is 3. The minimum atomic E-state index is -1.21. The molecule has 1 heterocycles. The highest BCUT2D eigenvalue weighted by Crippen LogP contribution is 2.29. The Labute approximate surface area is 93.9 Å². The molecule has 2 rings (SSSR count). The lowest BCUT2D eigenvalue weighted by molar-refractivity contribution is -0.138. The number of amides is 1. The summed E-state index contributed by atoms with van der Waals surface area (Å²) in [4.78, 5) is 15.7. The molecule has 5 nitrogen and oxygen atoms in total. The van der Waals surface area contributed by atoms with Crippen molar-refractivity contribution in [2.24, 2.45) is 0 Å². The van der Waals surface area contributed by atoms with E-state index in [1.807, 2.05) is 6.07 Å². The van der Waals surface area contributed by atoms with E-state index in [4.69, 9.17) is 0 Å². The fourth-order valence-electron chi connectivity index (χ4n) is 1.86. The van der Waals surface area contributed by atoms with E-state index in [-0.39, 0.29) is 5.91 Å². The summed E-state index contributed by atoms with van der Waals surface area (Å²) in [6, 6.07) is 5.34. The fraction of sp³-hybridized carbons (Fsp3) is 0.455. The molecule has 1 amide bonds. The number of hydrogen-bond donors (Lipinski definition) is 3. The predicted molar refractivity (Wildman–Crippen MR) is 59.4 cm³/mol. The Kier molecular flexibility index (Phi) is 3.05. The maximum atomic E-state index is 11.7. The van der Waals surface area contributed by atoms with Gasteiger partial charge < -0.3 is 5.11 Å². The van der Waals surface area contributed by atoms with Crippen LogP contribution >= 0.6 is 0 Å². The number of hydrazine groups is 1. The summed E-state index contributed by atoms with van der Waals surface area (Å²) in [6.45, 7) is 0. The SMILES string of the molecule is O=C(NNc1ccccn1)C1(O)CCCC1. The number of pyridine rings is 1. The van der Waals surface area contributed by atoms with Crippen LogP contribution in [0.5, 0.6) is 0 Å². The number of nitrogens with zero attached hydrogens (tertiary/aromatic N) is 1. The highest BCUT2D eigenvalue weighted by molar-refractivity contribution is 5.86. The molecule has 0 aliphatic heterocycles. The van der Waals surface area contributed by atoms with Crippen LogP contribution in [0.25, 0.3) is 0 Å². The molecule has 0 aromatic carbocycles. The van der Waals surface area contributed by atoms with Gasteiger partial charge in [-0.3, -0.25) is 15.6 Å². The molecule has 0 bridgehead atoms. The second kappa shape index (κ2) is 4.49. The van der Waals surface area contributed by atoms with Crippen molar-refractivity contribution >= 4 is 11.7 Å².